The lowest BCUT2D eigenvalue weighted by Gasteiger charge is -2.32. The topological polar surface area (TPSA) is 67.2 Å². The summed E-state index contributed by atoms with van der Waals surface area (Å²) in [6.07, 6.45) is 3.38. The molecule has 3 heterocycles. The van der Waals surface area contributed by atoms with Crippen LogP contribution in [0.4, 0.5) is 11.5 Å². The minimum Gasteiger partial charge on any atom is -0.310 e. The maximum atomic E-state index is 13.8. The van der Waals surface area contributed by atoms with Crippen molar-refractivity contribution in [2.75, 3.05) is 16.8 Å². The van der Waals surface area contributed by atoms with Crippen molar-refractivity contribution in [3.8, 4) is 5.69 Å². The number of rotatable bonds is 3. The monoisotopic (exact) mass is 418 g/mol. The number of amides is 2. The molecule has 1 spiro atoms. The largest absolute Gasteiger partial charge is 0.310 e. The average Bonchev–Trinajstić information content (AvgIpc) is 3.23. The van der Waals surface area contributed by atoms with Gasteiger partial charge < -0.3 is 10.2 Å². The number of para-hydroxylation sites is 1. The van der Waals surface area contributed by atoms with Gasteiger partial charge in [0.25, 0.3) is 0 Å². The number of aryl methyl sites for hydroxylation is 1. The van der Waals surface area contributed by atoms with E-state index in [1.165, 1.54) is 0 Å². The Kier molecular flexibility index (Phi) is 4.08. The molecule has 1 aromatic heterocycles. The van der Waals surface area contributed by atoms with Crippen molar-refractivity contribution in [1.82, 2.24) is 9.78 Å². The van der Waals surface area contributed by atoms with Crippen molar-refractivity contribution < 1.29 is 9.59 Å². The fourth-order valence-electron chi connectivity index (χ4n) is 4.52. The molecule has 0 aliphatic carbocycles. The quantitative estimate of drug-likeness (QED) is 0.654. The lowest BCUT2D eigenvalue weighted by Crippen LogP contribution is -2.46. The number of anilines is 2. The molecular formula is C23H19ClN4O2. The number of hydrogen-bond acceptors (Lipinski definition) is 3. The normalized spacial score (nSPS) is 19.6. The highest BCUT2D eigenvalue weighted by molar-refractivity contribution is 6.32. The average molecular weight is 419 g/mol. The Morgan fingerprint density at radius 3 is 2.77 bits per heavy atom. The van der Waals surface area contributed by atoms with Crippen LogP contribution in [0.25, 0.3) is 5.69 Å². The van der Waals surface area contributed by atoms with E-state index in [1.807, 2.05) is 43.3 Å². The summed E-state index contributed by atoms with van der Waals surface area (Å²) in [5.41, 5.74) is 2.83. The molecule has 3 aromatic rings. The van der Waals surface area contributed by atoms with Crippen LogP contribution < -0.4 is 10.2 Å². The molecule has 150 valence electrons. The zero-order valence-electron chi connectivity index (χ0n) is 16.4. The summed E-state index contributed by atoms with van der Waals surface area (Å²) in [6, 6.07) is 13.2. The highest BCUT2D eigenvalue weighted by atomic mass is 35.5. The number of hydrogen-bond donors (Lipinski definition) is 1. The Bertz CT molecular complexity index is 1230. The molecular weight excluding hydrogens is 400 g/mol. The first-order valence-corrected chi connectivity index (χ1v) is 10.0. The van der Waals surface area contributed by atoms with Gasteiger partial charge in [-0.2, -0.15) is 5.10 Å². The third-order valence-corrected chi connectivity index (χ3v) is 6.14. The molecule has 7 heteroatoms. The maximum Gasteiger partial charge on any atom is 0.243 e. The molecule has 6 nitrogen and oxygen atoms in total. The van der Waals surface area contributed by atoms with Gasteiger partial charge in [-0.15, -0.1) is 6.58 Å². The summed E-state index contributed by atoms with van der Waals surface area (Å²) in [4.78, 5) is 28.4. The van der Waals surface area contributed by atoms with E-state index < -0.39 is 5.41 Å². The zero-order valence-corrected chi connectivity index (χ0v) is 17.1. The number of carbonyl (C=O) groups excluding carboxylic acids is 2. The second-order valence-corrected chi connectivity index (χ2v) is 8.03. The number of fused-ring (bicyclic) bond motifs is 4. The zero-order chi connectivity index (χ0) is 21.0. The summed E-state index contributed by atoms with van der Waals surface area (Å²) in [7, 11) is 0. The molecule has 2 aliphatic rings. The molecule has 2 aromatic carbocycles. The van der Waals surface area contributed by atoms with Crippen LogP contribution in [-0.2, 0) is 15.0 Å². The molecule has 0 saturated carbocycles. The molecule has 30 heavy (non-hydrogen) atoms. The van der Waals surface area contributed by atoms with Crippen LogP contribution in [0.2, 0.25) is 5.02 Å². The molecule has 0 radical (unpaired) electrons. The predicted molar refractivity (Wildman–Crippen MR) is 116 cm³/mol. The van der Waals surface area contributed by atoms with Gasteiger partial charge in [-0.25, -0.2) is 4.68 Å². The van der Waals surface area contributed by atoms with Crippen molar-refractivity contribution in [2.24, 2.45) is 0 Å². The fourth-order valence-corrected chi connectivity index (χ4v) is 4.74. The SMILES string of the molecule is C=CCN1C(=O)[C@@]2(CC(=O)Nc3c2cnn3-c2ccccc2Cl)c2cc(C)ccc21. The maximum absolute atomic E-state index is 13.8. The lowest BCUT2D eigenvalue weighted by molar-refractivity contribution is -0.126. The van der Waals surface area contributed by atoms with Gasteiger partial charge in [0.1, 0.15) is 11.2 Å². The highest BCUT2D eigenvalue weighted by Crippen LogP contribution is 2.52. The minimum atomic E-state index is -1.12. The van der Waals surface area contributed by atoms with Crippen molar-refractivity contribution >= 4 is 34.9 Å². The number of nitrogens with one attached hydrogen (secondary N) is 1. The van der Waals surface area contributed by atoms with Crippen LogP contribution >= 0.6 is 11.6 Å². The van der Waals surface area contributed by atoms with E-state index in [0.29, 0.717) is 28.6 Å². The summed E-state index contributed by atoms with van der Waals surface area (Å²) >= 11 is 6.38. The van der Waals surface area contributed by atoms with Gasteiger partial charge in [-0.3, -0.25) is 9.59 Å². The van der Waals surface area contributed by atoms with Gasteiger partial charge in [-0.1, -0.05) is 47.5 Å². The summed E-state index contributed by atoms with van der Waals surface area (Å²) in [5, 5.41) is 7.92. The number of nitrogens with zero attached hydrogens (tertiary/aromatic N) is 3. The Labute approximate surface area is 178 Å². The fraction of sp³-hybridized carbons (Fsp3) is 0.174. The summed E-state index contributed by atoms with van der Waals surface area (Å²) in [6.45, 7) is 6.14. The first-order chi connectivity index (χ1) is 14.5. The third-order valence-electron chi connectivity index (χ3n) is 5.82. The van der Waals surface area contributed by atoms with Crippen molar-refractivity contribution in [3.05, 3.63) is 83.0 Å². The van der Waals surface area contributed by atoms with Gasteiger partial charge in [0.2, 0.25) is 11.8 Å². The molecule has 0 saturated heterocycles. The van der Waals surface area contributed by atoms with Gasteiger partial charge in [0.15, 0.2) is 0 Å². The number of halogens is 1. The van der Waals surface area contributed by atoms with E-state index in [0.717, 1.165) is 16.8 Å². The van der Waals surface area contributed by atoms with Crippen molar-refractivity contribution in [2.45, 2.75) is 18.8 Å². The molecule has 0 bridgehead atoms. The number of benzene rings is 2. The van der Waals surface area contributed by atoms with Crippen LogP contribution in [-0.4, -0.2) is 28.1 Å². The van der Waals surface area contributed by atoms with Gasteiger partial charge in [0, 0.05) is 24.2 Å². The van der Waals surface area contributed by atoms with E-state index in [-0.39, 0.29) is 18.2 Å². The number of aromatic nitrogens is 2. The molecule has 1 atom stereocenters. The Hall–Kier alpha value is -3.38. The van der Waals surface area contributed by atoms with Crippen molar-refractivity contribution in [3.63, 3.8) is 0 Å². The summed E-state index contributed by atoms with van der Waals surface area (Å²) < 4.78 is 1.59. The lowest BCUT2D eigenvalue weighted by atomic mass is 9.71. The smallest absolute Gasteiger partial charge is 0.243 e. The van der Waals surface area contributed by atoms with E-state index in [2.05, 4.69) is 17.0 Å². The van der Waals surface area contributed by atoms with Gasteiger partial charge >= 0.3 is 0 Å². The summed E-state index contributed by atoms with van der Waals surface area (Å²) in [5.74, 6) is 0.0935. The van der Waals surface area contributed by atoms with Gasteiger partial charge in [-0.05, 0) is 30.7 Å². The van der Waals surface area contributed by atoms with Crippen LogP contribution in [0.15, 0.2) is 61.3 Å². The van der Waals surface area contributed by atoms with E-state index in [9.17, 15) is 9.59 Å². The first kappa shape index (κ1) is 18.6. The van der Waals surface area contributed by atoms with E-state index in [1.54, 1.807) is 27.9 Å². The molecule has 0 unspecified atom stereocenters. The van der Waals surface area contributed by atoms with Crippen molar-refractivity contribution in [1.29, 1.82) is 0 Å². The predicted octanol–water partition coefficient (Wildman–Crippen LogP) is 4.00. The first-order valence-electron chi connectivity index (χ1n) is 9.64. The van der Waals surface area contributed by atoms with Crippen LogP contribution in [0.1, 0.15) is 23.1 Å². The van der Waals surface area contributed by atoms with Gasteiger partial charge in [0.05, 0.1) is 16.9 Å². The highest BCUT2D eigenvalue weighted by Gasteiger charge is 2.57. The van der Waals surface area contributed by atoms with Crippen LogP contribution in [0, 0.1) is 6.92 Å². The molecule has 1 N–H and O–H groups in total. The Balaban J connectivity index is 1.79. The van der Waals surface area contributed by atoms with E-state index >= 15 is 0 Å². The number of carbonyl (C=O) groups is 2. The second kappa shape index (κ2) is 6.57. The molecule has 2 amide bonds. The molecule has 5 rings (SSSR count). The molecule has 2 aliphatic heterocycles. The molecule has 0 fully saturated rings. The van der Waals surface area contributed by atoms with Crippen LogP contribution in [0.5, 0.6) is 0 Å². The minimum absolute atomic E-state index is 0.0249. The standard InChI is InChI=1S/C23H19ClN4O2/c1-3-10-27-18-9-8-14(2)11-15(18)23(22(27)30)12-20(29)26-21-16(23)13-25-28(21)19-7-5-4-6-17(19)24/h3-9,11,13H,1,10,12H2,2H3,(H,26,29)/t23-/m0/s1. The Morgan fingerprint density at radius 2 is 2.00 bits per heavy atom. The van der Waals surface area contributed by atoms with E-state index in [4.69, 9.17) is 11.6 Å². The third kappa shape index (κ3) is 2.40. The Morgan fingerprint density at radius 1 is 1.20 bits per heavy atom. The second-order valence-electron chi connectivity index (χ2n) is 7.63. The van der Waals surface area contributed by atoms with Crippen LogP contribution in [0.3, 0.4) is 0 Å².